The number of amides is 2. The van der Waals surface area contributed by atoms with Crippen LogP contribution < -0.4 is 4.74 Å². The lowest BCUT2D eigenvalue weighted by atomic mass is 9.75. The van der Waals surface area contributed by atoms with E-state index in [1.165, 1.54) is 25.7 Å². The SMILES string of the molecule is COCC12CCCCN(C(=O)CC3CCCC3)CCOc3ccccc3C(=O)N(CC1)CC2. The molecule has 0 spiro atoms. The van der Waals surface area contributed by atoms with Crippen LogP contribution >= 0.6 is 0 Å². The lowest BCUT2D eigenvalue weighted by Crippen LogP contribution is -2.45. The number of carbonyl (C=O) groups is 2. The summed E-state index contributed by atoms with van der Waals surface area (Å²) < 4.78 is 11.7. The van der Waals surface area contributed by atoms with Gasteiger partial charge < -0.3 is 19.3 Å². The highest BCUT2D eigenvalue weighted by atomic mass is 16.5. The molecule has 0 N–H and O–H groups in total. The Kier molecular flexibility index (Phi) is 8.29. The van der Waals surface area contributed by atoms with E-state index in [4.69, 9.17) is 9.47 Å². The predicted molar refractivity (Wildman–Crippen MR) is 128 cm³/mol. The summed E-state index contributed by atoms with van der Waals surface area (Å²) in [6, 6.07) is 7.53. The molecule has 33 heavy (non-hydrogen) atoms. The minimum atomic E-state index is 0.0423. The summed E-state index contributed by atoms with van der Waals surface area (Å²) in [7, 11) is 1.78. The van der Waals surface area contributed by atoms with Crippen molar-refractivity contribution in [2.45, 2.75) is 64.2 Å². The van der Waals surface area contributed by atoms with E-state index >= 15 is 0 Å². The van der Waals surface area contributed by atoms with Gasteiger partial charge in [-0.1, -0.05) is 31.4 Å². The van der Waals surface area contributed by atoms with Gasteiger partial charge in [0.15, 0.2) is 0 Å². The van der Waals surface area contributed by atoms with Crippen molar-refractivity contribution in [3.05, 3.63) is 29.8 Å². The number of ether oxygens (including phenoxy) is 2. The van der Waals surface area contributed by atoms with Crippen LogP contribution in [0.4, 0.5) is 0 Å². The fourth-order valence-electron chi connectivity index (χ4n) is 5.92. The number of methoxy groups -OCH3 is 1. The Morgan fingerprint density at radius 3 is 2.55 bits per heavy atom. The van der Waals surface area contributed by atoms with Gasteiger partial charge in [0.1, 0.15) is 12.4 Å². The minimum absolute atomic E-state index is 0.0423. The summed E-state index contributed by atoms with van der Waals surface area (Å²) >= 11 is 0. The van der Waals surface area contributed by atoms with Crippen LogP contribution in [0.15, 0.2) is 24.3 Å². The van der Waals surface area contributed by atoms with E-state index in [2.05, 4.69) is 0 Å². The Hall–Kier alpha value is -2.08. The van der Waals surface area contributed by atoms with Gasteiger partial charge >= 0.3 is 0 Å². The van der Waals surface area contributed by atoms with E-state index in [0.717, 1.165) is 58.3 Å². The topological polar surface area (TPSA) is 59.1 Å². The zero-order chi connectivity index (χ0) is 23.1. The fourth-order valence-corrected chi connectivity index (χ4v) is 5.92. The lowest BCUT2D eigenvalue weighted by Gasteiger charge is -2.41. The molecule has 0 aromatic heterocycles. The Morgan fingerprint density at radius 2 is 1.79 bits per heavy atom. The normalized spacial score (nSPS) is 22.4. The number of carbonyl (C=O) groups excluding carboxylic acids is 2. The first-order chi connectivity index (χ1) is 16.1. The third-order valence-corrected chi connectivity index (χ3v) is 7.97. The van der Waals surface area contributed by atoms with Crippen LogP contribution in [-0.4, -0.2) is 68.1 Å². The highest BCUT2D eigenvalue weighted by molar-refractivity contribution is 5.97. The molecule has 2 fully saturated rings. The van der Waals surface area contributed by atoms with E-state index in [9.17, 15) is 9.59 Å². The predicted octanol–water partition coefficient (Wildman–Crippen LogP) is 4.53. The highest BCUT2D eigenvalue weighted by Gasteiger charge is 2.36. The molecule has 3 heterocycles. The van der Waals surface area contributed by atoms with Gasteiger partial charge in [-0.2, -0.15) is 0 Å². The van der Waals surface area contributed by atoms with Gasteiger partial charge in [-0.25, -0.2) is 0 Å². The summed E-state index contributed by atoms with van der Waals surface area (Å²) in [6.07, 6.45) is 10.6. The van der Waals surface area contributed by atoms with Gasteiger partial charge in [0.2, 0.25) is 5.91 Å². The van der Waals surface area contributed by atoms with Gasteiger partial charge in [-0.05, 0) is 62.0 Å². The van der Waals surface area contributed by atoms with Crippen LogP contribution in [0.2, 0.25) is 0 Å². The summed E-state index contributed by atoms with van der Waals surface area (Å²) in [4.78, 5) is 30.4. The molecule has 3 aliphatic heterocycles. The molecule has 1 aromatic carbocycles. The van der Waals surface area contributed by atoms with Crippen LogP contribution in [0.1, 0.15) is 74.6 Å². The average molecular weight is 457 g/mol. The molecule has 1 saturated heterocycles. The van der Waals surface area contributed by atoms with Gasteiger partial charge in [0.25, 0.3) is 5.91 Å². The maximum atomic E-state index is 13.3. The van der Waals surface area contributed by atoms with Crippen molar-refractivity contribution in [2.75, 3.05) is 46.5 Å². The fraction of sp³-hybridized carbons (Fsp3) is 0.704. The molecule has 5 rings (SSSR count). The number of para-hydroxylation sites is 1. The number of nitrogens with zero attached hydrogens (tertiary/aromatic N) is 2. The standard InChI is InChI=1S/C27H40N2O4/c1-32-21-27-12-6-7-15-28(25(30)20-22-8-2-3-9-22)18-19-33-24-11-5-4-10-23(24)26(31)29(16-13-27)17-14-27/h4-5,10-11,22H,2-3,6-9,12-21H2,1H3. The molecule has 4 aliphatic rings. The third-order valence-electron chi connectivity index (χ3n) is 7.97. The molecule has 0 atom stereocenters. The first-order valence-electron chi connectivity index (χ1n) is 12.9. The highest BCUT2D eigenvalue weighted by Crippen LogP contribution is 2.38. The van der Waals surface area contributed by atoms with Gasteiger partial charge in [0, 0.05) is 33.2 Å². The smallest absolute Gasteiger partial charge is 0.257 e. The number of benzene rings is 1. The molecule has 1 aliphatic carbocycles. The van der Waals surface area contributed by atoms with Crippen LogP contribution in [-0.2, 0) is 9.53 Å². The Bertz CT molecular complexity index is 797. The first-order valence-corrected chi connectivity index (χ1v) is 12.9. The van der Waals surface area contributed by atoms with Gasteiger partial charge in [0.05, 0.1) is 18.7 Å². The van der Waals surface area contributed by atoms with Crippen molar-refractivity contribution in [3.8, 4) is 5.75 Å². The van der Waals surface area contributed by atoms with E-state index in [1.54, 1.807) is 7.11 Å². The number of piperidine rings is 1. The molecule has 6 heteroatoms. The second-order valence-corrected chi connectivity index (χ2v) is 10.3. The molecule has 2 amide bonds. The van der Waals surface area contributed by atoms with Gasteiger partial charge in [-0.15, -0.1) is 0 Å². The summed E-state index contributed by atoms with van der Waals surface area (Å²) in [5, 5.41) is 0. The van der Waals surface area contributed by atoms with Crippen molar-refractivity contribution >= 4 is 11.8 Å². The second kappa shape index (κ2) is 11.4. The molecule has 6 nitrogen and oxygen atoms in total. The van der Waals surface area contributed by atoms with Crippen LogP contribution in [0.5, 0.6) is 5.75 Å². The molecular weight excluding hydrogens is 416 g/mol. The van der Waals surface area contributed by atoms with Crippen molar-refractivity contribution < 1.29 is 19.1 Å². The molecule has 0 radical (unpaired) electrons. The number of hydrogen-bond acceptors (Lipinski definition) is 4. The maximum absolute atomic E-state index is 13.3. The molecule has 182 valence electrons. The summed E-state index contributed by atoms with van der Waals surface area (Å²) in [5.41, 5.74) is 0.746. The number of fused-ring (bicyclic) bond motifs is 9. The van der Waals surface area contributed by atoms with E-state index in [1.807, 2.05) is 34.1 Å². The van der Waals surface area contributed by atoms with Crippen LogP contribution in [0.25, 0.3) is 0 Å². The minimum Gasteiger partial charge on any atom is -0.491 e. The van der Waals surface area contributed by atoms with Crippen molar-refractivity contribution in [1.29, 1.82) is 0 Å². The van der Waals surface area contributed by atoms with E-state index in [-0.39, 0.29) is 17.2 Å². The van der Waals surface area contributed by atoms with E-state index in [0.29, 0.717) is 36.8 Å². The number of hydrogen-bond donors (Lipinski definition) is 0. The molecule has 1 aromatic rings. The van der Waals surface area contributed by atoms with Gasteiger partial charge in [-0.3, -0.25) is 9.59 Å². The zero-order valence-corrected chi connectivity index (χ0v) is 20.2. The van der Waals surface area contributed by atoms with Crippen LogP contribution in [0.3, 0.4) is 0 Å². The Balaban J connectivity index is 1.51. The average Bonchev–Trinajstić information content (AvgIpc) is 3.33. The maximum Gasteiger partial charge on any atom is 0.257 e. The second-order valence-electron chi connectivity index (χ2n) is 10.3. The summed E-state index contributed by atoms with van der Waals surface area (Å²) in [6.45, 7) is 4.00. The largest absolute Gasteiger partial charge is 0.491 e. The molecule has 0 unspecified atom stereocenters. The third kappa shape index (κ3) is 6.08. The number of rotatable bonds is 4. The first kappa shape index (κ1) is 24.1. The van der Waals surface area contributed by atoms with Crippen molar-refractivity contribution in [3.63, 3.8) is 0 Å². The Labute approximate surface area is 198 Å². The van der Waals surface area contributed by atoms with E-state index < -0.39 is 0 Å². The van der Waals surface area contributed by atoms with Crippen molar-refractivity contribution in [1.82, 2.24) is 9.80 Å². The zero-order valence-electron chi connectivity index (χ0n) is 20.2. The monoisotopic (exact) mass is 456 g/mol. The Morgan fingerprint density at radius 1 is 1.03 bits per heavy atom. The summed E-state index contributed by atoms with van der Waals surface area (Å²) in [5.74, 6) is 1.47. The van der Waals surface area contributed by atoms with Crippen LogP contribution in [0, 0.1) is 11.3 Å². The molecule has 1 saturated carbocycles. The molecule has 2 bridgehead atoms. The van der Waals surface area contributed by atoms with Crippen molar-refractivity contribution in [2.24, 2.45) is 11.3 Å². The quantitative estimate of drug-likeness (QED) is 0.668. The molecular formula is C27H40N2O4. The lowest BCUT2D eigenvalue weighted by molar-refractivity contribution is -0.132.